The van der Waals surface area contributed by atoms with Crippen molar-refractivity contribution in [1.82, 2.24) is 9.97 Å². The number of aliphatic hydroxyl groups excluding tert-OH is 3. The van der Waals surface area contributed by atoms with Gasteiger partial charge in [0.05, 0.1) is 35.5 Å². The summed E-state index contributed by atoms with van der Waals surface area (Å²) in [6.07, 6.45) is -0.839. The fourth-order valence-corrected chi connectivity index (χ4v) is 3.76. The lowest BCUT2D eigenvalue weighted by molar-refractivity contribution is -0.207. The zero-order valence-corrected chi connectivity index (χ0v) is 15.6. The molecular formula is C22H24N2O4. The molecule has 0 amide bonds. The molecule has 2 heterocycles. The van der Waals surface area contributed by atoms with Gasteiger partial charge in [0.25, 0.3) is 0 Å². The first-order valence-electron chi connectivity index (χ1n) is 9.49. The van der Waals surface area contributed by atoms with Crippen molar-refractivity contribution in [3.05, 3.63) is 71.5 Å². The average Bonchev–Trinajstić information content (AvgIpc) is 2.72. The van der Waals surface area contributed by atoms with Crippen molar-refractivity contribution in [2.24, 2.45) is 5.92 Å². The summed E-state index contributed by atoms with van der Waals surface area (Å²) in [5.41, 5.74) is 4.33. The minimum absolute atomic E-state index is 0.201. The van der Waals surface area contributed by atoms with E-state index in [0.29, 0.717) is 6.42 Å². The Labute approximate surface area is 163 Å². The summed E-state index contributed by atoms with van der Waals surface area (Å²) in [7, 11) is 0. The van der Waals surface area contributed by atoms with Gasteiger partial charge in [0, 0.05) is 18.5 Å². The quantitative estimate of drug-likeness (QED) is 0.641. The van der Waals surface area contributed by atoms with E-state index in [1.165, 1.54) is 0 Å². The van der Waals surface area contributed by atoms with Crippen LogP contribution in [0.15, 0.2) is 54.7 Å². The largest absolute Gasteiger partial charge is 0.394 e. The Morgan fingerprint density at radius 1 is 1.00 bits per heavy atom. The Balaban J connectivity index is 1.58. The zero-order chi connectivity index (χ0) is 19.7. The molecule has 6 heteroatoms. The molecule has 4 rings (SSSR count). The van der Waals surface area contributed by atoms with Gasteiger partial charge >= 0.3 is 0 Å². The Morgan fingerprint density at radius 3 is 2.57 bits per heavy atom. The molecule has 28 heavy (non-hydrogen) atoms. The number of benzene rings is 2. The predicted octanol–water partition coefficient (Wildman–Crippen LogP) is 2.01. The van der Waals surface area contributed by atoms with E-state index in [1.54, 1.807) is 13.1 Å². The van der Waals surface area contributed by atoms with Crippen molar-refractivity contribution in [2.45, 2.75) is 37.8 Å². The maximum atomic E-state index is 10.5. The van der Waals surface area contributed by atoms with E-state index >= 15 is 0 Å². The molecule has 146 valence electrons. The molecule has 6 nitrogen and oxygen atoms in total. The minimum Gasteiger partial charge on any atom is -0.394 e. The number of hydrogen-bond acceptors (Lipinski definition) is 6. The molecule has 0 spiro atoms. The van der Waals surface area contributed by atoms with Crippen LogP contribution in [0.25, 0.3) is 11.0 Å². The van der Waals surface area contributed by atoms with E-state index in [2.05, 4.69) is 9.97 Å². The van der Waals surface area contributed by atoms with Gasteiger partial charge in [0.2, 0.25) is 0 Å². The normalized spacial score (nSPS) is 27.8. The van der Waals surface area contributed by atoms with E-state index in [-0.39, 0.29) is 12.5 Å². The predicted molar refractivity (Wildman–Crippen MR) is 105 cm³/mol. The molecule has 3 aromatic rings. The monoisotopic (exact) mass is 380 g/mol. The van der Waals surface area contributed by atoms with Gasteiger partial charge in [-0.2, -0.15) is 0 Å². The molecule has 0 radical (unpaired) electrons. The second-order valence-electron chi connectivity index (χ2n) is 7.39. The summed E-state index contributed by atoms with van der Waals surface area (Å²) in [4.78, 5) is 9.11. The Kier molecular flexibility index (Phi) is 5.37. The average molecular weight is 380 g/mol. The van der Waals surface area contributed by atoms with Crippen LogP contribution in [0.1, 0.15) is 29.8 Å². The number of para-hydroxylation sites is 2. The first-order chi connectivity index (χ1) is 13.6. The molecule has 0 bridgehead atoms. The van der Waals surface area contributed by atoms with Gasteiger partial charge in [0.1, 0.15) is 12.2 Å². The van der Waals surface area contributed by atoms with Crippen molar-refractivity contribution in [3.8, 4) is 0 Å². The molecule has 5 atom stereocenters. The van der Waals surface area contributed by atoms with Crippen LogP contribution in [0.4, 0.5) is 0 Å². The number of aliphatic hydroxyl groups is 3. The van der Waals surface area contributed by atoms with Gasteiger partial charge < -0.3 is 20.1 Å². The number of rotatable bonds is 4. The molecule has 3 N–H and O–H groups in total. The van der Waals surface area contributed by atoms with E-state index in [1.807, 2.05) is 48.5 Å². The van der Waals surface area contributed by atoms with Crippen molar-refractivity contribution in [1.29, 1.82) is 0 Å². The van der Waals surface area contributed by atoms with E-state index in [9.17, 15) is 15.3 Å². The highest BCUT2D eigenvalue weighted by atomic mass is 16.5. The van der Waals surface area contributed by atoms with Crippen molar-refractivity contribution in [2.75, 3.05) is 6.61 Å². The summed E-state index contributed by atoms with van der Waals surface area (Å²) >= 11 is 0. The highest BCUT2D eigenvalue weighted by molar-refractivity contribution is 5.73. The molecule has 2 aromatic carbocycles. The van der Waals surface area contributed by atoms with Gasteiger partial charge in [-0.1, -0.05) is 43.3 Å². The van der Waals surface area contributed by atoms with Crippen LogP contribution in [0.3, 0.4) is 0 Å². The van der Waals surface area contributed by atoms with Gasteiger partial charge in [-0.3, -0.25) is 4.98 Å². The highest BCUT2D eigenvalue weighted by Gasteiger charge is 2.42. The summed E-state index contributed by atoms with van der Waals surface area (Å²) in [5.74, 6) is -0.340. The smallest absolute Gasteiger partial charge is 0.111 e. The number of ether oxygens (including phenoxy) is 1. The van der Waals surface area contributed by atoms with Crippen molar-refractivity contribution < 1.29 is 20.1 Å². The van der Waals surface area contributed by atoms with Crippen LogP contribution < -0.4 is 0 Å². The second-order valence-corrected chi connectivity index (χ2v) is 7.39. The SMILES string of the molecule is C[C@H]1[C@H](O)[C@@H](O)[C@H](c2cccc(Cc3cnc4ccccc4n3)c2)O[C@@H]1CO. The number of fused-ring (bicyclic) bond motifs is 1. The number of hydrogen-bond donors (Lipinski definition) is 3. The molecule has 1 aliphatic rings. The molecule has 1 aromatic heterocycles. The number of aromatic nitrogens is 2. The third-order valence-corrected chi connectivity index (χ3v) is 5.45. The molecule has 1 saturated heterocycles. The Bertz CT molecular complexity index is 962. The lowest BCUT2D eigenvalue weighted by atomic mass is 9.85. The lowest BCUT2D eigenvalue weighted by Crippen LogP contribution is -2.50. The minimum atomic E-state index is -1.05. The van der Waals surface area contributed by atoms with Crippen LogP contribution in [-0.4, -0.2) is 50.2 Å². The van der Waals surface area contributed by atoms with Crippen LogP contribution >= 0.6 is 0 Å². The van der Waals surface area contributed by atoms with Crippen LogP contribution in [0, 0.1) is 5.92 Å². The highest BCUT2D eigenvalue weighted by Crippen LogP contribution is 2.35. The maximum absolute atomic E-state index is 10.5. The number of nitrogens with zero attached hydrogens (tertiary/aromatic N) is 2. The third-order valence-electron chi connectivity index (χ3n) is 5.45. The van der Waals surface area contributed by atoms with E-state index < -0.39 is 24.4 Å². The molecule has 0 aliphatic carbocycles. The summed E-state index contributed by atoms with van der Waals surface area (Å²) < 4.78 is 5.89. The lowest BCUT2D eigenvalue weighted by Gasteiger charge is -2.41. The molecule has 0 saturated carbocycles. The molecule has 1 fully saturated rings. The third kappa shape index (κ3) is 3.64. The van der Waals surface area contributed by atoms with Gasteiger partial charge in [-0.15, -0.1) is 0 Å². The Morgan fingerprint density at radius 2 is 1.79 bits per heavy atom. The fourth-order valence-electron chi connectivity index (χ4n) is 3.76. The zero-order valence-electron chi connectivity index (χ0n) is 15.6. The van der Waals surface area contributed by atoms with Gasteiger partial charge in [-0.05, 0) is 23.3 Å². The fraction of sp³-hybridized carbons (Fsp3) is 0.364. The Hall–Kier alpha value is -2.38. The van der Waals surface area contributed by atoms with E-state index in [4.69, 9.17) is 4.74 Å². The van der Waals surface area contributed by atoms with Crippen LogP contribution in [0.2, 0.25) is 0 Å². The maximum Gasteiger partial charge on any atom is 0.111 e. The second kappa shape index (κ2) is 7.93. The summed E-state index contributed by atoms with van der Waals surface area (Å²) in [6, 6.07) is 15.4. The van der Waals surface area contributed by atoms with Gasteiger partial charge in [0.15, 0.2) is 0 Å². The topological polar surface area (TPSA) is 95.7 Å². The summed E-state index contributed by atoms with van der Waals surface area (Å²) in [5, 5.41) is 30.4. The standard InChI is InChI=1S/C22H24N2O4/c1-13-19(12-25)28-22(21(27)20(13)26)15-6-4-5-14(9-15)10-16-11-23-17-7-2-3-8-18(17)24-16/h2-9,11,13,19-22,25-27H,10,12H2,1H3/t13-,19-,20+,21-,22+/m1/s1. The molecule has 1 aliphatic heterocycles. The van der Waals surface area contributed by atoms with E-state index in [0.717, 1.165) is 27.9 Å². The first kappa shape index (κ1) is 19.0. The van der Waals surface area contributed by atoms with Crippen LogP contribution in [0.5, 0.6) is 0 Å². The van der Waals surface area contributed by atoms with Gasteiger partial charge in [-0.25, -0.2) is 4.98 Å². The van der Waals surface area contributed by atoms with Crippen molar-refractivity contribution >= 4 is 11.0 Å². The summed E-state index contributed by atoms with van der Waals surface area (Å²) in [6.45, 7) is 1.56. The first-order valence-corrected chi connectivity index (χ1v) is 9.49. The van der Waals surface area contributed by atoms with Crippen LogP contribution in [-0.2, 0) is 11.2 Å². The molecule has 0 unspecified atom stereocenters. The van der Waals surface area contributed by atoms with Crippen molar-refractivity contribution in [3.63, 3.8) is 0 Å². The molecular weight excluding hydrogens is 356 g/mol.